The van der Waals surface area contributed by atoms with Crippen LogP contribution >= 0.6 is 23.4 Å². The maximum absolute atomic E-state index is 16.4. The quantitative estimate of drug-likeness (QED) is 0.165. The van der Waals surface area contributed by atoms with Crippen molar-refractivity contribution in [3.05, 3.63) is 58.6 Å². The second-order valence-electron chi connectivity index (χ2n) is 20.5. The highest BCUT2D eigenvalue weighted by Gasteiger charge is 2.64. The highest BCUT2D eigenvalue weighted by atomic mass is 35.5. The van der Waals surface area contributed by atoms with Crippen molar-refractivity contribution in [2.24, 2.45) is 33.6 Å². The molecule has 6 fully saturated rings. The van der Waals surface area contributed by atoms with Gasteiger partial charge in [-0.1, -0.05) is 65.3 Å². The van der Waals surface area contributed by atoms with Crippen LogP contribution in [0, 0.1) is 39.9 Å². The molecule has 2 aromatic rings. The number of likely N-dealkylation sites (tertiary alicyclic amines) is 1. The van der Waals surface area contributed by atoms with E-state index >= 15 is 4.39 Å². The van der Waals surface area contributed by atoms with E-state index < -0.39 is 5.67 Å². The van der Waals surface area contributed by atoms with Crippen molar-refractivity contribution in [1.82, 2.24) is 41.9 Å². The minimum Gasteiger partial charge on any atom is -0.489 e. The van der Waals surface area contributed by atoms with Crippen LogP contribution in [0.3, 0.4) is 0 Å². The fraction of sp³-hybridized carbons (Fsp3) is 0.681. The van der Waals surface area contributed by atoms with Crippen molar-refractivity contribution in [1.29, 1.82) is 5.26 Å². The third-order valence-electron chi connectivity index (χ3n) is 15.5. The van der Waals surface area contributed by atoms with Crippen LogP contribution in [-0.2, 0) is 9.53 Å². The molecule has 348 valence electrons. The molecule has 0 aromatic heterocycles. The molecule has 0 radical (unpaired) electrons. The average Bonchev–Trinajstić information content (AvgIpc) is 3.99. The first-order chi connectivity index (χ1) is 30.6. The number of thioether (sulfide) groups is 1. The predicted molar refractivity (Wildman–Crippen MR) is 250 cm³/mol. The Morgan fingerprint density at radius 1 is 1.05 bits per heavy atom. The zero-order valence-electron chi connectivity index (χ0n) is 38.2. The summed E-state index contributed by atoms with van der Waals surface area (Å²) in [6.07, 6.45) is 1.56. The molecule has 0 bridgehead atoms. The number of rotatable bonds is 11. The van der Waals surface area contributed by atoms with Crippen LogP contribution in [0.1, 0.15) is 78.9 Å². The minimum absolute atomic E-state index is 0.000856. The molecule has 17 heteroatoms. The Morgan fingerprint density at radius 3 is 2.42 bits per heavy atom. The van der Waals surface area contributed by atoms with Crippen molar-refractivity contribution in [2.75, 3.05) is 51.2 Å². The molecule has 9 rings (SSSR count). The number of alkyl halides is 1. The molecule has 5 saturated heterocycles. The van der Waals surface area contributed by atoms with Crippen LogP contribution in [0.15, 0.2) is 47.5 Å². The Balaban J connectivity index is 0.759. The lowest BCUT2D eigenvalue weighted by molar-refractivity contribution is -0.174. The normalized spacial score (nSPS) is 36.7. The molecule has 1 amide bonds. The van der Waals surface area contributed by atoms with Crippen LogP contribution in [0.25, 0.3) is 0 Å². The van der Waals surface area contributed by atoms with Crippen molar-refractivity contribution < 1.29 is 18.7 Å². The van der Waals surface area contributed by atoms with Gasteiger partial charge in [-0.3, -0.25) is 35.5 Å². The van der Waals surface area contributed by atoms with Gasteiger partial charge in [0.25, 0.3) is 0 Å². The minimum atomic E-state index is -1.33. The maximum atomic E-state index is 16.4. The van der Waals surface area contributed by atoms with Crippen molar-refractivity contribution in [3.63, 3.8) is 0 Å². The van der Waals surface area contributed by atoms with E-state index in [4.69, 9.17) is 26.1 Å². The number of amides is 1. The standard InChI is InChI=1S/C47H67ClFN11O3S/c1-26-27(2)64-41-37(26)38(55-35(21-36-51-16-19-62-36)39-58-57-28(3)60(39)41)29-8-11-32(12-9-29)54-25-47(49)14-17-59(18-15-47)44-52-23-31(24-53-44)40(61)56-42-45(4,5)43(46(42,6)7)63-33-13-10-30(22-50)34(48)20-33/h8-13,20,26-28,31,35-37,39,41-44,51-54,57-58H,14-19,21,23-25H2,1-7H3,(H,56,61). The summed E-state index contributed by atoms with van der Waals surface area (Å²) >= 11 is 8.34. The van der Waals surface area contributed by atoms with E-state index in [1.165, 1.54) is 0 Å². The van der Waals surface area contributed by atoms with Crippen LogP contribution < -0.4 is 42.2 Å². The number of hydrazine groups is 1. The zero-order valence-corrected chi connectivity index (χ0v) is 39.8. The van der Waals surface area contributed by atoms with Crippen LogP contribution in [-0.4, -0.2) is 127 Å². The smallest absolute Gasteiger partial charge is 0.225 e. The summed E-state index contributed by atoms with van der Waals surface area (Å²) in [7, 11) is 0. The first kappa shape index (κ1) is 46.0. The first-order valence-electron chi connectivity index (χ1n) is 23.3. The summed E-state index contributed by atoms with van der Waals surface area (Å²) in [4.78, 5) is 24.1. The summed E-state index contributed by atoms with van der Waals surface area (Å²) in [5.41, 5.74) is 8.67. The molecular formula is C47H67ClFN11O3S. The number of nitrogens with zero attached hydrogens (tertiary/aromatic N) is 4. The number of nitriles is 1. The maximum Gasteiger partial charge on any atom is 0.225 e. The van der Waals surface area contributed by atoms with Gasteiger partial charge in [0.1, 0.15) is 36.1 Å². The Kier molecular flexibility index (Phi) is 13.1. The Morgan fingerprint density at radius 2 is 1.77 bits per heavy atom. The Bertz CT molecular complexity index is 2070. The summed E-state index contributed by atoms with van der Waals surface area (Å²) < 4.78 is 28.8. The van der Waals surface area contributed by atoms with Crippen molar-refractivity contribution in [2.45, 2.75) is 127 Å². The van der Waals surface area contributed by atoms with Crippen molar-refractivity contribution >= 4 is 40.7 Å². The number of aliphatic imine (C=N–C) groups is 1. The monoisotopic (exact) mass is 919 g/mol. The van der Waals surface area contributed by atoms with E-state index in [2.05, 4.69) is 138 Å². The topological polar surface area (TPSA) is 162 Å². The predicted octanol–water partition coefficient (Wildman–Crippen LogP) is 4.82. The van der Waals surface area contributed by atoms with Gasteiger partial charge in [-0.25, -0.2) is 15.2 Å². The molecule has 2 aromatic carbocycles. The van der Waals surface area contributed by atoms with Gasteiger partial charge >= 0.3 is 0 Å². The summed E-state index contributed by atoms with van der Waals surface area (Å²) in [5, 5.41) is 27.7. The van der Waals surface area contributed by atoms with Crippen molar-refractivity contribution in [3.8, 4) is 11.8 Å². The van der Waals surface area contributed by atoms with Gasteiger partial charge in [0.15, 0.2) is 0 Å². The second-order valence-corrected chi connectivity index (χ2v) is 22.4. The lowest BCUT2D eigenvalue weighted by atomic mass is 9.49. The van der Waals surface area contributed by atoms with Crippen LogP contribution in [0.5, 0.6) is 5.75 Å². The van der Waals surface area contributed by atoms with Gasteiger partial charge in [-0.05, 0) is 55.5 Å². The van der Waals surface area contributed by atoms with E-state index in [1.54, 1.807) is 18.2 Å². The molecule has 14 nitrogen and oxygen atoms in total. The lowest BCUT2D eigenvalue weighted by Gasteiger charge is -2.63. The Hall–Kier alpha value is -3.08. The van der Waals surface area contributed by atoms with E-state index in [0.29, 0.717) is 71.9 Å². The Labute approximate surface area is 387 Å². The SMILES string of the molecule is CC1SC2C(C(c3ccc(NCC4(F)CCN(C5NCC(C(=O)NC6C(C)(C)C(Oc7ccc(C#N)c(Cl)c7)C6(C)C)CN5)CC4)cc3)=NC(CC3NCCO3)C3NNC(C)N32)C1C. The molecule has 1 saturated carbocycles. The number of nitrogens with one attached hydrogen (secondary N) is 7. The fourth-order valence-electron chi connectivity index (χ4n) is 11.9. The number of benzene rings is 2. The largest absolute Gasteiger partial charge is 0.489 e. The van der Waals surface area contributed by atoms with Gasteiger partial charge in [0.2, 0.25) is 5.91 Å². The summed E-state index contributed by atoms with van der Waals surface area (Å²) in [6, 6.07) is 15.6. The van der Waals surface area contributed by atoms with E-state index in [0.717, 1.165) is 36.5 Å². The van der Waals surface area contributed by atoms with E-state index in [9.17, 15) is 10.1 Å². The summed E-state index contributed by atoms with van der Waals surface area (Å²) in [5.74, 6) is 1.08. The molecule has 1 aliphatic carbocycles. The number of anilines is 1. The number of halogens is 2. The molecule has 8 atom stereocenters. The number of carbonyl (C=O) groups is 1. The average molecular weight is 921 g/mol. The van der Waals surface area contributed by atoms with Gasteiger partial charge in [0, 0.05) is 91.2 Å². The van der Waals surface area contributed by atoms with Gasteiger partial charge in [0.05, 0.1) is 46.9 Å². The van der Waals surface area contributed by atoms with Crippen LogP contribution in [0.2, 0.25) is 5.02 Å². The zero-order chi connectivity index (χ0) is 45.1. The molecule has 8 unspecified atom stereocenters. The second kappa shape index (κ2) is 18.2. The third-order valence-corrected chi connectivity index (χ3v) is 17.5. The molecule has 7 N–H and O–H groups in total. The molecule has 0 spiro atoms. The fourth-order valence-corrected chi connectivity index (χ4v) is 13.9. The molecule has 7 aliphatic rings. The van der Waals surface area contributed by atoms with Crippen LogP contribution in [0.4, 0.5) is 10.1 Å². The third kappa shape index (κ3) is 8.79. The highest BCUT2D eigenvalue weighted by Crippen LogP contribution is 2.56. The molecule has 64 heavy (non-hydrogen) atoms. The molecule has 6 aliphatic heterocycles. The number of hydrogen-bond donors (Lipinski definition) is 7. The van der Waals surface area contributed by atoms with Gasteiger partial charge in [-0.2, -0.15) is 5.26 Å². The van der Waals surface area contributed by atoms with E-state index in [-0.39, 0.29) is 78.2 Å². The molecule has 6 heterocycles. The number of ether oxygens (including phenoxy) is 2. The number of carbonyl (C=O) groups excluding carboxylic acids is 1. The lowest BCUT2D eigenvalue weighted by Crippen LogP contribution is -2.75. The highest BCUT2D eigenvalue weighted by molar-refractivity contribution is 8.00. The number of fused-ring (bicyclic) bond motifs is 3. The number of piperidine rings is 1. The number of hydrogen-bond acceptors (Lipinski definition) is 14. The van der Waals surface area contributed by atoms with Gasteiger partial charge in [-0.15, -0.1) is 11.8 Å². The van der Waals surface area contributed by atoms with Gasteiger partial charge < -0.3 is 20.1 Å². The van der Waals surface area contributed by atoms with E-state index in [1.807, 2.05) is 0 Å². The first-order valence-corrected chi connectivity index (χ1v) is 24.7. The summed E-state index contributed by atoms with van der Waals surface area (Å²) in [6.45, 7) is 19.5. The molecular weight excluding hydrogens is 853 g/mol.